The second-order valence-electron chi connectivity index (χ2n) is 3.92. The van der Waals surface area contributed by atoms with Crippen LogP contribution in [0.3, 0.4) is 0 Å². The number of hydrogen-bond donors (Lipinski definition) is 1. The summed E-state index contributed by atoms with van der Waals surface area (Å²) in [5.74, 6) is -0.267. The van der Waals surface area contributed by atoms with Crippen molar-refractivity contribution in [3.05, 3.63) is 24.3 Å². The molecule has 0 atom stereocenters. The van der Waals surface area contributed by atoms with Crippen LogP contribution in [0, 0.1) is 0 Å². The second kappa shape index (κ2) is 8.89. The van der Waals surface area contributed by atoms with Gasteiger partial charge in [0.15, 0.2) is 0 Å². The molecular formula is C12H15F3LiNO2. The van der Waals surface area contributed by atoms with Crippen LogP contribution in [0.1, 0.15) is 26.2 Å². The fraction of sp³-hybridized carbons (Fsp3) is 0.417. The molecule has 0 aromatic heterocycles. The molecular weight excluding hydrogens is 254 g/mol. The van der Waals surface area contributed by atoms with Gasteiger partial charge < -0.3 is 10.5 Å². The van der Waals surface area contributed by atoms with E-state index >= 15 is 0 Å². The summed E-state index contributed by atoms with van der Waals surface area (Å²) in [5, 5.41) is 0. The molecule has 7 heteroatoms. The molecule has 0 aliphatic rings. The van der Waals surface area contributed by atoms with Crippen molar-refractivity contribution in [3.63, 3.8) is 0 Å². The van der Waals surface area contributed by atoms with Gasteiger partial charge in [0.05, 0.1) is 0 Å². The van der Waals surface area contributed by atoms with Crippen LogP contribution >= 0.6 is 0 Å². The van der Waals surface area contributed by atoms with E-state index in [4.69, 9.17) is 5.73 Å². The van der Waals surface area contributed by atoms with E-state index in [1.165, 1.54) is 12.1 Å². The van der Waals surface area contributed by atoms with E-state index in [2.05, 4.69) is 11.7 Å². The Bertz CT molecular complexity index is 380. The molecule has 0 saturated carbocycles. The normalized spacial score (nSPS) is 10.4. The minimum atomic E-state index is -4.64. The summed E-state index contributed by atoms with van der Waals surface area (Å²) in [6.07, 6.45) is -1.71. The Morgan fingerprint density at radius 1 is 1.32 bits per heavy atom. The summed E-state index contributed by atoms with van der Waals surface area (Å²) >= 11 is 1.63. The Morgan fingerprint density at radius 3 is 2.16 bits per heavy atom. The van der Waals surface area contributed by atoms with Crippen LogP contribution in [0.25, 0.3) is 0 Å². The average molecular weight is 269 g/mol. The number of anilines is 1. The zero-order valence-electron chi connectivity index (χ0n) is 11.0. The Labute approximate surface area is 119 Å². The fourth-order valence-electron chi connectivity index (χ4n) is 1.10. The molecule has 0 heterocycles. The molecule has 2 N–H and O–H groups in total. The van der Waals surface area contributed by atoms with E-state index in [-0.39, 0.29) is 5.75 Å². The van der Waals surface area contributed by atoms with Crippen molar-refractivity contribution >= 4 is 27.9 Å². The number of rotatable bonds is 4. The summed E-state index contributed by atoms with van der Waals surface area (Å²) in [4.78, 5) is 10.2. The topological polar surface area (TPSA) is 52.3 Å². The van der Waals surface area contributed by atoms with E-state index < -0.39 is 6.36 Å². The molecule has 1 aromatic rings. The Kier molecular flexibility index (Phi) is 8.36. The first-order valence-electron chi connectivity index (χ1n) is 5.85. The summed E-state index contributed by atoms with van der Waals surface area (Å²) in [7, 11) is 0. The van der Waals surface area contributed by atoms with Crippen LogP contribution in [0.4, 0.5) is 18.9 Å². The third-order valence-electron chi connectivity index (χ3n) is 2.00. The van der Waals surface area contributed by atoms with Crippen molar-refractivity contribution < 1.29 is 22.7 Å². The Morgan fingerprint density at radius 2 is 1.84 bits per heavy atom. The summed E-state index contributed by atoms with van der Waals surface area (Å²) in [6, 6.07) is 4.98. The molecule has 0 aliphatic heterocycles. The minimum absolute atomic E-state index is 0.267. The predicted molar refractivity (Wildman–Crippen MR) is 67.8 cm³/mol. The first-order valence-corrected chi connectivity index (χ1v) is 5.85. The van der Waals surface area contributed by atoms with Gasteiger partial charge in [-0.3, -0.25) is 0 Å². The number of nitrogens with two attached hydrogens (primary N) is 1. The standard InChI is InChI=1S/C7H6F3NO.C5H9O.Li/c8-7(9,10)12-6-3-1-5(11)2-4-6;1-2-3-4-5-6;/h1-4H,11H2;2-4H2,1H3;. The SMILES string of the molecule is Nc1ccc(OC(F)(F)F)cc1.[Li][C](=O)CCCC. The van der Waals surface area contributed by atoms with E-state index in [0.717, 1.165) is 31.4 Å². The number of carbonyl (C=O) groups excluding carboxylic acids is 1. The molecule has 3 nitrogen and oxygen atoms in total. The fourth-order valence-corrected chi connectivity index (χ4v) is 1.10. The second-order valence-corrected chi connectivity index (χ2v) is 3.92. The number of alkyl halides is 3. The third kappa shape index (κ3) is 11.7. The summed E-state index contributed by atoms with van der Waals surface area (Å²) in [6.45, 7) is 2.09. The molecule has 1 rings (SSSR count). The summed E-state index contributed by atoms with van der Waals surface area (Å²) < 4.78 is 38.7. The van der Waals surface area contributed by atoms with Crippen LogP contribution < -0.4 is 10.5 Å². The maximum atomic E-state index is 11.6. The molecule has 0 aliphatic carbocycles. The van der Waals surface area contributed by atoms with Gasteiger partial charge in [0, 0.05) is 5.69 Å². The quantitative estimate of drug-likeness (QED) is 0.675. The van der Waals surface area contributed by atoms with Gasteiger partial charge in [-0.15, -0.1) is 13.2 Å². The van der Waals surface area contributed by atoms with Crippen molar-refractivity contribution in [3.8, 4) is 5.75 Å². The average Bonchev–Trinajstić information content (AvgIpc) is 2.28. The molecule has 1 aromatic carbocycles. The zero-order chi connectivity index (χ0) is 14.9. The van der Waals surface area contributed by atoms with Crippen LogP contribution in [-0.4, -0.2) is 28.5 Å². The number of unbranched alkanes of at least 4 members (excludes halogenated alkanes) is 1. The van der Waals surface area contributed by atoms with Gasteiger partial charge in [0.1, 0.15) is 5.75 Å². The first kappa shape index (κ1) is 17.9. The molecule has 0 spiro atoms. The van der Waals surface area contributed by atoms with Gasteiger partial charge in [-0.1, -0.05) is 0 Å². The van der Waals surface area contributed by atoms with Gasteiger partial charge in [-0.25, -0.2) is 0 Å². The van der Waals surface area contributed by atoms with Crippen LogP contribution in [0.15, 0.2) is 24.3 Å². The van der Waals surface area contributed by atoms with Crippen molar-refractivity contribution in [2.24, 2.45) is 0 Å². The molecule has 0 saturated heterocycles. The van der Waals surface area contributed by atoms with Crippen molar-refractivity contribution in [1.82, 2.24) is 0 Å². The number of ether oxygens (including phenoxy) is 1. The van der Waals surface area contributed by atoms with Gasteiger partial charge >= 0.3 is 59.5 Å². The first-order chi connectivity index (χ1) is 8.74. The molecule has 0 fully saturated rings. The van der Waals surface area contributed by atoms with Gasteiger partial charge in [0.2, 0.25) is 0 Å². The monoisotopic (exact) mass is 269 g/mol. The van der Waals surface area contributed by atoms with E-state index in [1.54, 1.807) is 17.7 Å². The van der Waals surface area contributed by atoms with E-state index in [1.807, 2.05) is 0 Å². The molecule has 102 valence electrons. The number of hydrogen-bond acceptors (Lipinski definition) is 3. The number of carbonyl (C=O) groups is 1. The Balaban J connectivity index is 0.000000399. The molecule has 0 radical (unpaired) electrons. The van der Waals surface area contributed by atoms with Crippen molar-refractivity contribution in [2.45, 2.75) is 32.5 Å². The molecule has 0 bridgehead atoms. The number of halogens is 3. The van der Waals surface area contributed by atoms with Crippen LogP contribution in [0.5, 0.6) is 5.75 Å². The number of benzene rings is 1. The molecule has 0 amide bonds. The van der Waals surface area contributed by atoms with Crippen molar-refractivity contribution in [1.29, 1.82) is 0 Å². The summed E-state index contributed by atoms with van der Waals surface area (Å²) in [5.41, 5.74) is 5.65. The van der Waals surface area contributed by atoms with Crippen molar-refractivity contribution in [2.75, 3.05) is 5.73 Å². The maximum absolute atomic E-state index is 11.6. The Hall–Kier alpha value is -1.12. The zero-order valence-corrected chi connectivity index (χ0v) is 11.0. The third-order valence-corrected chi connectivity index (χ3v) is 2.00. The van der Waals surface area contributed by atoms with Gasteiger partial charge in [-0.05, 0) is 24.3 Å². The molecule has 0 unspecified atom stereocenters. The van der Waals surface area contributed by atoms with Crippen LogP contribution in [-0.2, 0) is 4.79 Å². The predicted octanol–water partition coefficient (Wildman–Crippen LogP) is 3.04. The van der Waals surface area contributed by atoms with Gasteiger partial charge in [0.25, 0.3) is 0 Å². The van der Waals surface area contributed by atoms with Gasteiger partial charge in [-0.2, -0.15) is 0 Å². The van der Waals surface area contributed by atoms with Crippen LogP contribution in [0.2, 0.25) is 0 Å². The van der Waals surface area contributed by atoms with E-state index in [0.29, 0.717) is 10.1 Å². The number of nitrogen functional groups attached to an aromatic ring is 1. The molecule has 19 heavy (non-hydrogen) atoms. The van der Waals surface area contributed by atoms with E-state index in [9.17, 15) is 18.0 Å².